The van der Waals surface area contributed by atoms with E-state index in [1.165, 1.54) is 12.2 Å². The van der Waals surface area contributed by atoms with Crippen LogP contribution in [0.15, 0.2) is 85.1 Å². The van der Waals surface area contributed by atoms with Gasteiger partial charge < -0.3 is 10.1 Å². The molecule has 164 valence electrons. The number of nitrogens with one attached hydrogen (secondary N) is 1. The molecule has 1 atom stereocenters. The Kier molecular flexibility index (Phi) is 6.55. The Hall–Kier alpha value is -4.32. The molecule has 0 saturated carbocycles. The molecule has 4 rings (SSSR count). The first kappa shape index (κ1) is 21.9. The lowest BCUT2D eigenvalue weighted by atomic mass is 10.1. The minimum absolute atomic E-state index is 0.429. The fraction of sp³-hybridized carbons (Fsp3) is 0.111. The quantitative estimate of drug-likeness (QED) is 0.332. The van der Waals surface area contributed by atoms with E-state index in [9.17, 15) is 9.59 Å². The molecule has 0 unspecified atom stereocenters. The number of aromatic nitrogens is 2. The zero-order valence-electron chi connectivity index (χ0n) is 18.4. The summed E-state index contributed by atoms with van der Waals surface area (Å²) in [4.78, 5) is 34.5. The van der Waals surface area contributed by atoms with E-state index < -0.39 is 18.0 Å². The van der Waals surface area contributed by atoms with Crippen LogP contribution in [-0.2, 0) is 14.3 Å². The molecule has 0 aliphatic carbocycles. The van der Waals surface area contributed by atoms with E-state index in [0.717, 1.165) is 22.2 Å². The van der Waals surface area contributed by atoms with Crippen molar-refractivity contribution in [2.24, 2.45) is 0 Å². The third-order valence-corrected chi connectivity index (χ3v) is 5.08. The van der Waals surface area contributed by atoms with E-state index in [4.69, 9.17) is 4.74 Å². The van der Waals surface area contributed by atoms with Crippen molar-refractivity contribution in [3.8, 4) is 0 Å². The SMILES string of the molecule is Cc1ccc(C)c(NC(=O)[C@H](OC(=O)/C=C/c2cnc3ccccc3n2)c2ccccc2)c1. The average Bonchev–Trinajstić information content (AvgIpc) is 2.84. The van der Waals surface area contributed by atoms with Crippen LogP contribution >= 0.6 is 0 Å². The largest absolute Gasteiger partial charge is 0.444 e. The van der Waals surface area contributed by atoms with Crippen molar-refractivity contribution in [1.82, 2.24) is 9.97 Å². The molecule has 3 aromatic carbocycles. The Morgan fingerprint density at radius 2 is 1.67 bits per heavy atom. The Morgan fingerprint density at radius 1 is 0.939 bits per heavy atom. The van der Waals surface area contributed by atoms with Gasteiger partial charge in [0.2, 0.25) is 6.10 Å². The maximum Gasteiger partial charge on any atom is 0.331 e. The van der Waals surface area contributed by atoms with Gasteiger partial charge in [0.05, 0.1) is 22.9 Å². The third-order valence-electron chi connectivity index (χ3n) is 5.08. The van der Waals surface area contributed by atoms with E-state index in [0.29, 0.717) is 16.9 Å². The molecule has 0 saturated heterocycles. The number of carbonyl (C=O) groups excluding carboxylic acids is 2. The van der Waals surface area contributed by atoms with Gasteiger partial charge in [-0.1, -0.05) is 54.6 Å². The number of hydrogen-bond acceptors (Lipinski definition) is 5. The molecule has 6 heteroatoms. The number of carbonyl (C=O) groups is 2. The average molecular weight is 437 g/mol. The number of para-hydroxylation sites is 2. The smallest absolute Gasteiger partial charge is 0.331 e. The summed E-state index contributed by atoms with van der Waals surface area (Å²) in [6.07, 6.45) is 3.24. The van der Waals surface area contributed by atoms with Crippen LogP contribution in [-0.4, -0.2) is 21.8 Å². The fourth-order valence-corrected chi connectivity index (χ4v) is 3.33. The van der Waals surface area contributed by atoms with Gasteiger partial charge in [-0.15, -0.1) is 0 Å². The fourth-order valence-electron chi connectivity index (χ4n) is 3.33. The van der Waals surface area contributed by atoms with Crippen LogP contribution in [0.4, 0.5) is 5.69 Å². The standard InChI is InChI=1S/C27H23N3O3/c1-18-12-13-19(2)24(16-18)30-27(32)26(20-8-4-3-5-9-20)33-25(31)15-14-21-17-28-22-10-6-7-11-23(22)29-21/h3-17,26H,1-2H3,(H,30,32)/b15-14+/t26-/m1/s1. The summed E-state index contributed by atoms with van der Waals surface area (Å²) < 4.78 is 5.56. The molecule has 0 spiro atoms. The number of aryl methyl sites for hydroxylation is 2. The van der Waals surface area contributed by atoms with Gasteiger partial charge in [0.25, 0.3) is 5.91 Å². The van der Waals surface area contributed by atoms with Crippen LogP contribution < -0.4 is 5.32 Å². The summed E-state index contributed by atoms with van der Waals surface area (Å²) in [5, 5.41) is 2.89. The molecule has 1 amide bonds. The molecule has 0 aliphatic heterocycles. The van der Waals surface area contributed by atoms with Gasteiger partial charge >= 0.3 is 5.97 Å². The second-order valence-corrected chi connectivity index (χ2v) is 7.65. The zero-order chi connectivity index (χ0) is 23.2. The summed E-state index contributed by atoms with van der Waals surface area (Å²) in [6, 6.07) is 22.2. The lowest BCUT2D eigenvalue weighted by Crippen LogP contribution is -2.25. The first-order chi connectivity index (χ1) is 16.0. The number of nitrogens with zero attached hydrogens (tertiary/aromatic N) is 2. The zero-order valence-corrected chi connectivity index (χ0v) is 18.4. The van der Waals surface area contributed by atoms with Gasteiger partial charge in [-0.05, 0) is 49.2 Å². The predicted molar refractivity (Wildman–Crippen MR) is 128 cm³/mol. The summed E-state index contributed by atoms with van der Waals surface area (Å²) in [6.45, 7) is 3.86. The van der Waals surface area contributed by atoms with Crippen molar-refractivity contribution in [2.45, 2.75) is 20.0 Å². The first-order valence-corrected chi connectivity index (χ1v) is 10.5. The minimum atomic E-state index is -1.11. The van der Waals surface area contributed by atoms with E-state index in [1.807, 2.05) is 62.4 Å². The summed E-state index contributed by atoms with van der Waals surface area (Å²) in [7, 11) is 0. The highest BCUT2D eigenvalue weighted by Crippen LogP contribution is 2.23. The highest BCUT2D eigenvalue weighted by molar-refractivity contribution is 5.98. The third kappa shape index (κ3) is 5.49. The summed E-state index contributed by atoms with van der Waals surface area (Å²) in [5.74, 6) is -1.09. The molecule has 0 aliphatic rings. The van der Waals surface area contributed by atoms with E-state index in [-0.39, 0.29) is 0 Å². The molecular weight excluding hydrogens is 414 g/mol. The Balaban J connectivity index is 1.53. The maximum atomic E-state index is 13.1. The van der Waals surface area contributed by atoms with Crippen molar-refractivity contribution in [1.29, 1.82) is 0 Å². The molecule has 1 N–H and O–H groups in total. The number of ether oxygens (including phenoxy) is 1. The Morgan fingerprint density at radius 3 is 2.45 bits per heavy atom. The molecule has 6 nitrogen and oxygen atoms in total. The van der Waals surface area contributed by atoms with E-state index in [2.05, 4.69) is 15.3 Å². The molecule has 1 aromatic heterocycles. The number of amides is 1. The highest BCUT2D eigenvalue weighted by atomic mass is 16.5. The normalized spacial score (nSPS) is 11.9. The topological polar surface area (TPSA) is 81.2 Å². The minimum Gasteiger partial charge on any atom is -0.444 e. The van der Waals surface area contributed by atoms with Crippen molar-refractivity contribution in [3.05, 3.63) is 107 Å². The second-order valence-electron chi connectivity index (χ2n) is 7.65. The molecule has 0 bridgehead atoms. The number of rotatable bonds is 6. The number of hydrogen-bond donors (Lipinski definition) is 1. The van der Waals surface area contributed by atoms with Gasteiger partial charge in [0.1, 0.15) is 0 Å². The second kappa shape index (κ2) is 9.87. The van der Waals surface area contributed by atoms with Crippen LogP contribution in [0.5, 0.6) is 0 Å². The molecular formula is C27H23N3O3. The number of benzene rings is 3. The highest BCUT2D eigenvalue weighted by Gasteiger charge is 2.24. The monoisotopic (exact) mass is 437 g/mol. The van der Waals surface area contributed by atoms with Gasteiger partial charge in [-0.2, -0.15) is 0 Å². The molecule has 0 fully saturated rings. The lowest BCUT2D eigenvalue weighted by molar-refractivity contribution is -0.149. The van der Waals surface area contributed by atoms with Crippen LogP contribution in [0, 0.1) is 13.8 Å². The number of esters is 1. The summed E-state index contributed by atoms with van der Waals surface area (Å²) in [5.41, 5.74) is 5.20. The summed E-state index contributed by atoms with van der Waals surface area (Å²) >= 11 is 0. The maximum absolute atomic E-state index is 13.1. The predicted octanol–water partition coefficient (Wildman–Crippen LogP) is 5.18. The number of fused-ring (bicyclic) bond motifs is 1. The van der Waals surface area contributed by atoms with E-state index in [1.54, 1.807) is 30.5 Å². The van der Waals surface area contributed by atoms with Crippen molar-refractivity contribution < 1.29 is 14.3 Å². The van der Waals surface area contributed by atoms with E-state index >= 15 is 0 Å². The van der Waals surface area contributed by atoms with Crippen molar-refractivity contribution in [2.75, 3.05) is 5.32 Å². The van der Waals surface area contributed by atoms with Crippen LogP contribution in [0.2, 0.25) is 0 Å². The lowest BCUT2D eigenvalue weighted by Gasteiger charge is -2.18. The first-order valence-electron chi connectivity index (χ1n) is 10.5. The van der Waals surface area contributed by atoms with Crippen LogP contribution in [0.3, 0.4) is 0 Å². The molecule has 0 radical (unpaired) electrons. The van der Waals surface area contributed by atoms with Gasteiger partial charge in [-0.3, -0.25) is 9.78 Å². The molecule has 1 heterocycles. The van der Waals surface area contributed by atoms with Gasteiger partial charge in [-0.25, -0.2) is 9.78 Å². The number of anilines is 1. The molecule has 33 heavy (non-hydrogen) atoms. The van der Waals surface area contributed by atoms with Crippen LogP contribution in [0.25, 0.3) is 17.1 Å². The van der Waals surface area contributed by atoms with Gasteiger partial charge in [0.15, 0.2) is 0 Å². The Bertz CT molecular complexity index is 1330. The van der Waals surface area contributed by atoms with Crippen LogP contribution in [0.1, 0.15) is 28.5 Å². The Labute approximate surface area is 192 Å². The van der Waals surface area contributed by atoms with Crippen molar-refractivity contribution in [3.63, 3.8) is 0 Å². The van der Waals surface area contributed by atoms with Crippen molar-refractivity contribution >= 4 is 34.7 Å². The molecule has 4 aromatic rings. The van der Waals surface area contributed by atoms with Gasteiger partial charge in [0, 0.05) is 17.3 Å².